The fraction of sp³-hybridized carbons (Fsp3) is 0.167. The molecule has 0 radical (unpaired) electrons. The van der Waals surface area contributed by atoms with E-state index < -0.39 is 11.8 Å². The Morgan fingerprint density at radius 2 is 2.19 bits per heavy atom. The number of carbonyl (C=O) groups is 2. The maximum atomic E-state index is 13.1. The highest BCUT2D eigenvalue weighted by Gasteiger charge is 2.10. The topological polar surface area (TPSA) is 97.1 Å². The molecule has 0 aliphatic heterocycles. The van der Waals surface area contributed by atoms with Gasteiger partial charge in [0.05, 0.1) is 17.2 Å². The molecule has 0 saturated carbocycles. The summed E-state index contributed by atoms with van der Waals surface area (Å²) < 4.78 is 14.6. The average molecular weight is 357 g/mol. The Hall–Kier alpha value is -2.29. The quantitative estimate of drug-likeness (QED) is 0.841. The normalized spacial score (nSPS) is 10.4. The second-order valence-electron chi connectivity index (χ2n) is 4.06. The summed E-state index contributed by atoms with van der Waals surface area (Å²) in [6, 6.07) is 3.94. The van der Waals surface area contributed by atoms with Crippen LogP contribution in [-0.4, -0.2) is 38.5 Å². The Morgan fingerprint density at radius 3 is 2.81 bits per heavy atom. The third-order valence-corrected chi connectivity index (χ3v) is 3.17. The SMILES string of the molecule is O=C(NCCn1cc(C(=O)O)nn1)c1ccc(F)c(Br)c1. The van der Waals surface area contributed by atoms with Gasteiger partial charge in [-0.1, -0.05) is 5.21 Å². The smallest absolute Gasteiger partial charge is 0.358 e. The number of benzene rings is 1. The molecule has 1 amide bonds. The fourth-order valence-electron chi connectivity index (χ4n) is 1.53. The summed E-state index contributed by atoms with van der Waals surface area (Å²) in [4.78, 5) is 22.4. The number of carboxylic acid groups (broad SMARTS) is 1. The summed E-state index contributed by atoms with van der Waals surface area (Å²) in [5.74, 6) is -1.98. The fourth-order valence-corrected chi connectivity index (χ4v) is 1.91. The van der Waals surface area contributed by atoms with E-state index in [1.807, 2.05) is 0 Å². The minimum atomic E-state index is -1.17. The summed E-state index contributed by atoms with van der Waals surface area (Å²) in [5.41, 5.74) is 0.150. The van der Waals surface area contributed by atoms with Crippen LogP contribution in [0.4, 0.5) is 4.39 Å². The molecule has 2 N–H and O–H groups in total. The number of halogens is 2. The van der Waals surface area contributed by atoms with Gasteiger partial charge >= 0.3 is 5.97 Å². The first-order chi connectivity index (χ1) is 9.97. The molecule has 7 nitrogen and oxygen atoms in total. The van der Waals surface area contributed by atoms with Crippen LogP contribution >= 0.6 is 15.9 Å². The molecule has 0 bridgehead atoms. The highest BCUT2D eigenvalue weighted by atomic mass is 79.9. The van der Waals surface area contributed by atoms with Gasteiger partial charge in [0.2, 0.25) is 0 Å². The van der Waals surface area contributed by atoms with Crippen molar-refractivity contribution in [1.29, 1.82) is 0 Å². The van der Waals surface area contributed by atoms with Gasteiger partial charge in [0.25, 0.3) is 5.91 Å². The summed E-state index contributed by atoms with van der Waals surface area (Å²) in [7, 11) is 0. The molecule has 0 unspecified atom stereocenters. The van der Waals surface area contributed by atoms with E-state index in [4.69, 9.17) is 5.11 Å². The van der Waals surface area contributed by atoms with Crippen LogP contribution in [-0.2, 0) is 6.54 Å². The Kier molecular flexibility index (Phi) is 4.63. The molecule has 0 aliphatic rings. The van der Waals surface area contributed by atoms with Gasteiger partial charge in [0.1, 0.15) is 5.82 Å². The van der Waals surface area contributed by atoms with Crippen molar-refractivity contribution in [3.05, 3.63) is 45.9 Å². The molecule has 9 heteroatoms. The first kappa shape index (κ1) is 15.1. The van der Waals surface area contributed by atoms with Crippen molar-refractivity contribution in [1.82, 2.24) is 20.3 Å². The first-order valence-corrected chi connectivity index (χ1v) is 6.63. The lowest BCUT2D eigenvalue weighted by Gasteiger charge is -2.05. The van der Waals surface area contributed by atoms with Gasteiger partial charge < -0.3 is 10.4 Å². The summed E-state index contributed by atoms with van der Waals surface area (Å²) in [6.07, 6.45) is 1.27. The molecule has 110 valence electrons. The Balaban J connectivity index is 1.88. The summed E-state index contributed by atoms with van der Waals surface area (Å²) in [5, 5.41) is 18.4. The van der Waals surface area contributed by atoms with Crippen molar-refractivity contribution in [3.63, 3.8) is 0 Å². The highest BCUT2D eigenvalue weighted by Crippen LogP contribution is 2.16. The van der Waals surface area contributed by atoms with E-state index in [0.717, 1.165) is 0 Å². The predicted octanol–water partition coefficient (Wildman–Crippen LogP) is 1.31. The number of aromatic nitrogens is 3. The van der Waals surface area contributed by atoms with Crippen LogP contribution in [0.15, 0.2) is 28.9 Å². The number of hydrogen-bond acceptors (Lipinski definition) is 4. The Labute approximate surface area is 126 Å². The van der Waals surface area contributed by atoms with Gasteiger partial charge in [-0.3, -0.25) is 4.79 Å². The lowest BCUT2D eigenvalue weighted by atomic mass is 10.2. The van der Waals surface area contributed by atoms with Gasteiger partial charge in [-0.15, -0.1) is 5.10 Å². The number of rotatable bonds is 5. The number of nitrogens with one attached hydrogen (secondary N) is 1. The van der Waals surface area contributed by atoms with Crippen LogP contribution in [0.2, 0.25) is 0 Å². The van der Waals surface area contributed by atoms with Crippen LogP contribution in [0.25, 0.3) is 0 Å². The first-order valence-electron chi connectivity index (χ1n) is 5.84. The van der Waals surface area contributed by atoms with E-state index >= 15 is 0 Å². The molecule has 21 heavy (non-hydrogen) atoms. The number of aromatic carboxylic acids is 1. The lowest BCUT2D eigenvalue weighted by molar-refractivity contribution is 0.0690. The molecule has 1 aromatic heterocycles. The number of carbonyl (C=O) groups excluding carboxylic acids is 1. The average Bonchev–Trinajstić information content (AvgIpc) is 2.91. The van der Waals surface area contributed by atoms with Crippen LogP contribution < -0.4 is 5.32 Å². The van der Waals surface area contributed by atoms with Crippen molar-refractivity contribution in [2.45, 2.75) is 6.54 Å². The van der Waals surface area contributed by atoms with Gasteiger partial charge in [0, 0.05) is 12.1 Å². The minimum absolute atomic E-state index is 0.163. The third-order valence-electron chi connectivity index (χ3n) is 2.57. The largest absolute Gasteiger partial charge is 0.476 e. The van der Waals surface area contributed by atoms with Gasteiger partial charge in [-0.2, -0.15) is 0 Å². The third kappa shape index (κ3) is 3.85. The second kappa shape index (κ2) is 6.44. The van der Waals surface area contributed by atoms with E-state index in [9.17, 15) is 14.0 Å². The monoisotopic (exact) mass is 356 g/mol. The van der Waals surface area contributed by atoms with Crippen LogP contribution in [0, 0.1) is 5.82 Å². The molecule has 0 saturated heterocycles. The summed E-state index contributed by atoms with van der Waals surface area (Å²) >= 11 is 3.00. The second-order valence-corrected chi connectivity index (χ2v) is 4.91. The molecular weight excluding hydrogens is 347 g/mol. The minimum Gasteiger partial charge on any atom is -0.476 e. The molecule has 2 rings (SSSR count). The van der Waals surface area contributed by atoms with Crippen molar-refractivity contribution in [2.75, 3.05) is 6.54 Å². The molecule has 0 atom stereocenters. The van der Waals surface area contributed by atoms with Gasteiger partial charge in [-0.25, -0.2) is 13.9 Å². The molecule has 0 fully saturated rings. The molecular formula is C12H10BrFN4O3. The number of amides is 1. The maximum absolute atomic E-state index is 13.1. The lowest BCUT2D eigenvalue weighted by Crippen LogP contribution is -2.27. The standard InChI is InChI=1S/C12H10BrFN4O3/c13-8-5-7(1-2-9(8)14)11(19)15-3-4-18-6-10(12(20)21)16-17-18/h1-2,5-6H,3-4H2,(H,15,19)(H,20,21). The molecule has 0 aliphatic carbocycles. The van der Waals surface area contributed by atoms with Crippen LogP contribution in [0.3, 0.4) is 0 Å². The zero-order chi connectivity index (χ0) is 15.4. The van der Waals surface area contributed by atoms with E-state index in [1.54, 1.807) is 0 Å². The van der Waals surface area contributed by atoms with Crippen molar-refractivity contribution in [3.8, 4) is 0 Å². The number of carboxylic acids is 1. The maximum Gasteiger partial charge on any atom is 0.358 e. The van der Waals surface area contributed by atoms with Crippen molar-refractivity contribution in [2.24, 2.45) is 0 Å². The predicted molar refractivity (Wildman–Crippen MR) is 73.4 cm³/mol. The highest BCUT2D eigenvalue weighted by molar-refractivity contribution is 9.10. The van der Waals surface area contributed by atoms with E-state index in [-0.39, 0.29) is 29.2 Å². The van der Waals surface area contributed by atoms with Crippen molar-refractivity contribution >= 4 is 27.8 Å². The van der Waals surface area contributed by atoms with E-state index in [1.165, 1.54) is 29.1 Å². The molecule has 1 aromatic carbocycles. The van der Waals surface area contributed by atoms with Crippen molar-refractivity contribution < 1.29 is 19.1 Å². The zero-order valence-electron chi connectivity index (χ0n) is 10.6. The van der Waals surface area contributed by atoms with E-state index in [2.05, 4.69) is 31.6 Å². The zero-order valence-corrected chi connectivity index (χ0v) is 12.2. The number of nitrogens with zero attached hydrogens (tertiary/aromatic N) is 3. The van der Waals surface area contributed by atoms with Crippen LogP contribution in [0.5, 0.6) is 0 Å². The van der Waals surface area contributed by atoms with E-state index in [0.29, 0.717) is 5.56 Å². The number of hydrogen-bond donors (Lipinski definition) is 2. The Morgan fingerprint density at radius 1 is 1.43 bits per heavy atom. The molecule has 0 spiro atoms. The Bertz CT molecular complexity index is 689. The summed E-state index contributed by atoms with van der Waals surface area (Å²) in [6.45, 7) is 0.505. The molecule has 2 aromatic rings. The van der Waals surface area contributed by atoms with Crippen LogP contribution in [0.1, 0.15) is 20.8 Å². The van der Waals surface area contributed by atoms with Gasteiger partial charge in [0.15, 0.2) is 5.69 Å². The van der Waals surface area contributed by atoms with Gasteiger partial charge in [-0.05, 0) is 34.1 Å². The molecule has 1 heterocycles.